The number of pyridine rings is 1. The monoisotopic (exact) mass is 395 g/mol. The van der Waals surface area contributed by atoms with Crippen LogP contribution in [0.25, 0.3) is 11.2 Å². The third-order valence-corrected chi connectivity index (χ3v) is 5.34. The Kier molecular flexibility index (Phi) is 6.35. The van der Waals surface area contributed by atoms with Gasteiger partial charge in [0, 0.05) is 30.5 Å². The van der Waals surface area contributed by atoms with Crippen molar-refractivity contribution in [3.8, 4) is 0 Å². The lowest BCUT2D eigenvalue weighted by molar-refractivity contribution is 0.508. The summed E-state index contributed by atoms with van der Waals surface area (Å²) in [7, 11) is 0. The van der Waals surface area contributed by atoms with Crippen LogP contribution in [0.3, 0.4) is 0 Å². The van der Waals surface area contributed by atoms with Crippen molar-refractivity contribution in [3.05, 3.63) is 35.4 Å². The molecule has 7 heteroatoms. The zero-order valence-electron chi connectivity index (χ0n) is 18.6. The lowest BCUT2D eigenvalue weighted by Gasteiger charge is -2.21. The predicted octanol–water partition coefficient (Wildman–Crippen LogP) is 4.88. The summed E-state index contributed by atoms with van der Waals surface area (Å²) < 4.78 is 2.09. The number of imidazole rings is 1. The Hall–Kier alpha value is -2.70. The molecular formula is C22H33N7. The minimum absolute atomic E-state index is 0.270. The SMILES string of the molecule is CC[C@H](Nc1nc(NCc2cnc(C)cc2C)c2ncn(C(C)C)c2n1)C(C)C. The fourth-order valence-corrected chi connectivity index (χ4v) is 3.48. The van der Waals surface area contributed by atoms with E-state index in [9.17, 15) is 0 Å². The van der Waals surface area contributed by atoms with Gasteiger partial charge >= 0.3 is 0 Å². The summed E-state index contributed by atoms with van der Waals surface area (Å²) in [4.78, 5) is 18.6. The van der Waals surface area contributed by atoms with Gasteiger partial charge in [-0.1, -0.05) is 20.8 Å². The Morgan fingerprint density at radius 1 is 1.07 bits per heavy atom. The van der Waals surface area contributed by atoms with Crippen LogP contribution in [-0.4, -0.2) is 30.5 Å². The van der Waals surface area contributed by atoms with Crippen LogP contribution in [0.4, 0.5) is 11.8 Å². The van der Waals surface area contributed by atoms with E-state index in [-0.39, 0.29) is 6.04 Å². The summed E-state index contributed by atoms with van der Waals surface area (Å²) >= 11 is 0. The van der Waals surface area contributed by atoms with Crippen molar-refractivity contribution in [2.45, 2.75) is 73.5 Å². The first-order valence-corrected chi connectivity index (χ1v) is 10.5. The zero-order valence-corrected chi connectivity index (χ0v) is 18.6. The molecule has 0 spiro atoms. The van der Waals surface area contributed by atoms with Gasteiger partial charge in [0.15, 0.2) is 17.0 Å². The van der Waals surface area contributed by atoms with E-state index in [1.54, 1.807) is 0 Å². The Labute approximate surface area is 173 Å². The fraction of sp³-hybridized carbons (Fsp3) is 0.545. The summed E-state index contributed by atoms with van der Waals surface area (Å²) in [6.07, 6.45) is 4.78. The van der Waals surface area contributed by atoms with Crippen LogP contribution in [0.2, 0.25) is 0 Å². The summed E-state index contributed by atoms with van der Waals surface area (Å²) in [5.41, 5.74) is 5.02. The third-order valence-electron chi connectivity index (χ3n) is 5.34. The molecule has 1 atom stereocenters. The van der Waals surface area contributed by atoms with E-state index in [1.165, 1.54) is 5.56 Å². The standard InChI is InChI=1S/C22H33N7/c1-8-18(13(2)3)26-22-27-20(19-21(28-22)29(12-25-19)14(4)5)24-11-17-10-23-16(7)9-15(17)6/h9-10,12-14,18H,8,11H2,1-7H3,(H2,24,26,27,28)/t18-/m0/s1. The Bertz CT molecular complexity index is 975. The highest BCUT2D eigenvalue weighted by atomic mass is 15.2. The number of nitrogens with one attached hydrogen (secondary N) is 2. The number of hydrogen-bond acceptors (Lipinski definition) is 6. The molecule has 0 bridgehead atoms. The summed E-state index contributed by atoms with van der Waals surface area (Å²) in [5, 5.41) is 6.99. The van der Waals surface area contributed by atoms with Crippen LogP contribution in [0, 0.1) is 19.8 Å². The van der Waals surface area contributed by atoms with Gasteiger partial charge in [0.1, 0.15) is 0 Å². The largest absolute Gasteiger partial charge is 0.364 e. The van der Waals surface area contributed by atoms with Crippen LogP contribution in [-0.2, 0) is 6.54 Å². The maximum atomic E-state index is 4.80. The molecule has 3 rings (SSSR count). The second kappa shape index (κ2) is 8.76. The molecule has 0 fully saturated rings. The quantitative estimate of drug-likeness (QED) is 0.566. The smallest absolute Gasteiger partial charge is 0.227 e. The summed E-state index contributed by atoms with van der Waals surface area (Å²) in [6.45, 7) is 15.6. The highest BCUT2D eigenvalue weighted by Gasteiger charge is 2.18. The van der Waals surface area contributed by atoms with Gasteiger partial charge < -0.3 is 15.2 Å². The van der Waals surface area contributed by atoms with E-state index in [1.807, 2.05) is 19.4 Å². The predicted molar refractivity (Wildman–Crippen MR) is 119 cm³/mol. The number of rotatable bonds is 8. The molecule has 2 N–H and O–H groups in total. The minimum atomic E-state index is 0.270. The van der Waals surface area contributed by atoms with Crippen molar-refractivity contribution < 1.29 is 0 Å². The molecule has 7 nitrogen and oxygen atoms in total. The molecule has 0 aliphatic heterocycles. The minimum Gasteiger partial charge on any atom is -0.364 e. The van der Waals surface area contributed by atoms with Crippen molar-refractivity contribution >= 4 is 22.9 Å². The fourth-order valence-electron chi connectivity index (χ4n) is 3.48. The summed E-state index contributed by atoms with van der Waals surface area (Å²) in [6, 6.07) is 2.69. The van der Waals surface area contributed by atoms with Crippen molar-refractivity contribution in [3.63, 3.8) is 0 Å². The lowest BCUT2D eigenvalue weighted by Crippen LogP contribution is -2.26. The Balaban J connectivity index is 1.97. The topological polar surface area (TPSA) is 80.5 Å². The molecule has 0 radical (unpaired) electrons. The number of hydrogen-bond donors (Lipinski definition) is 2. The number of aromatic nitrogens is 5. The number of anilines is 2. The van der Waals surface area contributed by atoms with E-state index < -0.39 is 0 Å². The van der Waals surface area contributed by atoms with Gasteiger partial charge in [-0.3, -0.25) is 4.98 Å². The van der Waals surface area contributed by atoms with E-state index in [0.717, 1.165) is 34.7 Å². The maximum Gasteiger partial charge on any atom is 0.227 e. The van der Waals surface area contributed by atoms with Gasteiger partial charge in [-0.25, -0.2) is 4.98 Å². The third kappa shape index (κ3) is 4.66. The highest BCUT2D eigenvalue weighted by molar-refractivity contribution is 5.84. The molecule has 0 unspecified atom stereocenters. The normalized spacial score (nSPS) is 12.7. The first kappa shape index (κ1) is 21.0. The molecule has 0 saturated heterocycles. The Morgan fingerprint density at radius 3 is 2.45 bits per heavy atom. The number of fused-ring (bicyclic) bond motifs is 1. The molecule has 0 aliphatic rings. The van der Waals surface area contributed by atoms with E-state index in [0.29, 0.717) is 24.5 Å². The van der Waals surface area contributed by atoms with Crippen LogP contribution in [0.5, 0.6) is 0 Å². The van der Waals surface area contributed by atoms with Crippen LogP contribution >= 0.6 is 0 Å². The first-order chi connectivity index (χ1) is 13.8. The van der Waals surface area contributed by atoms with Crippen LogP contribution in [0.15, 0.2) is 18.6 Å². The Morgan fingerprint density at radius 2 is 1.83 bits per heavy atom. The van der Waals surface area contributed by atoms with Crippen LogP contribution in [0.1, 0.15) is 63.9 Å². The van der Waals surface area contributed by atoms with Crippen molar-refractivity contribution in [1.29, 1.82) is 0 Å². The van der Waals surface area contributed by atoms with Crippen molar-refractivity contribution in [2.75, 3.05) is 10.6 Å². The highest BCUT2D eigenvalue weighted by Crippen LogP contribution is 2.25. The number of aryl methyl sites for hydroxylation is 2. The molecule has 29 heavy (non-hydrogen) atoms. The molecule has 3 aromatic heterocycles. The summed E-state index contributed by atoms with van der Waals surface area (Å²) in [5.74, 6) is 1.88. The zero-order chi connectivity index (χ0) is 21.1. The lowest BCUT2D eigenvalue weighted by atomic mass is 10.0. The molecule has 0 aliphatic carbocycles. The second-order valence-corrected chi connectivity index (χ2v) is 8.32. The van der Waals surface area contributed by atoms with Gasteiger partial charge in [0.2, 0.25) is 5.95 Å². The first-order valence-electron chi connectivity index (χ1n) is 10.5. The average Bonchev–Trinajstić information content (AvgIpc) is 3.09. The van der Waals surface area contributed by atoms with Gasteiger partial charge in [-0.2, -0.15) is 9.97 Å². The molecule has 0 amide bonds. The molecule has 0 saturated carbocycles. The second-order valence-electron chi connectivity index (χ2n) is 8.32. The van der Waals surface area contributed by atoms with Crippen molar-refractivity contribution in [1.82, 2.24) is 24.5 Å². The number of nitrogens with zero attached hydrogens (tertiary/aromatic N) is 5. The van der Waals surface area contributed by atoms with E-state index >= 15 is 0 Å². The van der Waals surface area contributed by atoms with E-state index in [2.05, 4.69) is 72.8 Å². The molecule has 0 aromatic carbocycles. The molecular weight excluding hydrogens is 362 g/mol. The van der Waals surface area contributed by atoms with Gasteiger partial charge in [-0.05, 0) is 57.2 Å². The van der Waals surface area contributed by atoms with Gasteiger partial charge in [0.05, 0.1) is 6.33 Å². The van der Waals surface area contributed by atoms with E-state index in [4.69, 9.17) is 9.97 Å². The molecule has 3 heterocycles. The molecule has 156 valence electrons. The average molecular weight is 396 g/mol. The van der Waals surface area contributed by atoms with Gasteiger partial charge in [-0.15, -0.1) is 0 Å². The van der Waals surface area contributed by atoms with Gasteiger partial charge in [0.25, 0.3) is 0 Å². The molecule has 3 aromatic rings. The van der Waals surface area contributed by atoms with Crippen molar-refractivity contribution in [2.24, 2.45) is 5.92 Å². The van der Waals surface area contributed by atoms with Crippen LogP contribution < -0.4 is 10.6 Å². The maximum absolute atomic E-state index is 4.80.